The van der Waals surface area contributed by atoms with E-state index in [1.165, 1.54) is 6.20 Å². The van der Waals surface area contributed by atoms with Gasteiger partial charge in [0.1, 0.15) is 5.56 Å². The van der Waals surface area contributed by atoms with Gasteiger partial charge in [0.15, 0.2) is 5.82 Å². The van der Waals surface area contributed by atoms with Gasteiger partial charge in [-0.3, -0.25) is 14.3 Å². The zero-order valence-corrected chi connectivity index (χ0v) is 11.9. The first-order valence-electron chi connectivity index (χ1n) is 6.68. The smallest absolute Gasteiger partial charge is 0.254 e. The van der Waals surface area contributed by atoms with E-state index in [4.69, 9.17) is 11.0 Å². The molecule has 112 valence electrons. The second-order valence-corrected chi connectivity index (χ2v) is 5.32. The van der Waals surface area contributed by atoms with Crippen LogP contribution < -0.4 is 11.1 Å². The molecule has 2 amide bonds. The quantitative estimate of drug-likeness (QED) is 0.733. The number of nitriles is 1. The van der Waals surface area contributed by atoms with E-state index in [1.54, 1.807) is 4.68 Å². The van der Waals surface area contributed by atoms with Crippen molar-refractivity contribution in [2.24, 2.45) is 5.73 Å². The average molecular weight is 290 g/mol. The van der Waals surface area contributed by atoms with Crippen molar-refractivity contribution in [3.63, 3.8) is 0 Å². The molecule has 8 heteroatoms. The van der Waals surface area contributed by atoms with Crippen LogP contribution in [0.5, 0.6) is 0 Å². The second kappa shape index (κ2) is 5.93. The molecule has 0 unspecified atom stereocenters. The number of carbonyl (C=O) groups excluding carboxylic acids is 2. The second-order valence-electron chi connectivity index (χ2n) is 5.32. The number of hydrogen-bond acceptors (Lipinski definition) is 5. The van der Waals surface area contributed by atoms with E-state index in [0.29, 0.717) is 12.8 Å². The molecule has 1 saturated heterocycles. The Kier molecular flexibility index (Phi) is 4.23. The van der Waals surface area contributed by atoms with Gasteiger partial charge in [0.2, 0.25) is 6.41 Å². The molecule has 1 aromatic rings. The summed E-state index contributed by atoms with van der Waals surface area (Å²) < 4.78 is 1.62. The number of piperidine rings is 1. The fourth-order valence-electron chi connectivity index (χ4n) is 2.63. The van der Waals surface area contributed by atoms with Crippen LogP contribution in [0, 0.1) is 11.3 Å². The first-order valence-corrected chi connectivity index (χ1v) is 6.68. The minimum atomic E-state index is -0.661. The third-order valence-electron chi connectivity index (χ3n) is 3.99. The van der Waals surface area contributed by atoms with E-state index >= 15 is 0 Å². The van der Waals surface area contributed by atoms with Crippen LogP contribution in [0.1, 0.15) is 29.6 Å². The number of nitrogens with two attached hydrogens (primary N) is 1. The molecule has 0 saturated carbocycles. The molecule has 2 rings (SSSR count). The van der Waals surface area contributed by atoms with Crippen LogP contribution in [0.15, 0.2) is 6.20 Å². The highest BCUT2D eigenvalue weighted by molar-refractivity contribution is 5.99. The topological polar surface area (TPSA) is 117 Å². The van der Waals surface area contributed by atoms with Crippen molar-refractivity contribution >= 4 is 18.1 Å². The summed E-state index contributed by atoms with van der Waals surface area (Å²) in [6.07, 6.45) is 3.76. The zero-order valence-electron chi connectivity index (χ0n) is 11.9. The number of carbonyl (C=O) groups is 2. The lowest BCUT2D eigenvalue weighted by molar-refractivity contribution is -0.105. The maximum atomic E-state index is 11.4. The van der Waals surface area contributed by atoms with Crippen molar-refractivity contribution in [2.45, 2.75) is 24.8 Å². The van der Waals surface area contributed by atoms with Crippen LogP contribution in [0.4, 0.5) is 5.82 Å². The van der Waals surface area contributed by atoms with Crippen molar-refractivity contribution in [2.75, 3.05) is 25.5 Å². The number of amides is 2. The number of nitrogens with zero attached hydrogens (tertiary/aromatic N) is 4. The van der Waals surface area contributed by atoms with E-state index in [2.05, 4.69) is 21.4 Å². The molecule has 8 nitrogen and oxygen atoms in total. The van der Waals surface area contributed by atoms with Crippen LogP contribution in [-0.2, 0) is 10.3 Å². The van der Waals surface area contributed by atoms with Crippen molar-refractivity contribution in [3.05, 3.63) is 11.8 Å². The third-order valence-corrected chi connectivity index (χ3v) is 3.99. The maximum Gasteiger partial charge on any atom is 0.254 e. The normalized spacial score (nSPS) is 17.9. The number of anilines is 1. The van der Waals surface area contributed by atoms with Gasteiger partial charge in [-0.15, -0.1) is 0 Å². The molecule has 1 aliphatic rings. The van der Waals surface area contributed by atoms with Crippen LogP contribution >= 0.6 is 0 Å². The molecule has 0 radical (unpaired) electrons. The summed E-state index contributed by atoms with van der Waals surface area (Å²) in [5.74, 6) is -0.528. The Labute approximate surface area is 122 Å². The fraction of sp³-hybridized carbons (Fsp3) is 0.538. The Bertz CT molecular complexity index is 580. The van der Waals surface area contributed by atoms with E-state index in [0.717, 1.165) is 25.9 Å². The standard InChI is InChI=1S/C13H18N6O2/c1-18-6-3-13(2-5-14,4-7-18)19-8-10(11(15)21)12(17-19)16-9-20/h8-9H,2-4,6-7H2,1H3,(H2,15,21)(H,16,17,20). The lowest BCUT2D eigenvalue weighted by atomic mass is 9.85. The van der Waals surface area contributed by atoms with Crippen molar-refractivity contribution in [1.82, 2.24) is 14.7 Å². The van der Waals surface area contributed by atoms with Crippen LogP contribution in [0.3, 0.4) is 0 Å². The van der Waals surface area contributed by atoms with Crippen LogP contribution in [0.25, 0.3) is 0 Å². The molecule has 0 atom stereocenters. The minimum absolute atomic E-state index is 0.133. The zero-order chi connectivity index (χ0) is 15.5. The molecule has 1 aliphatic heterocycles. The molecule has 0 bridgehead atoms. The van der Waals surface area contributed by atoms with Gasteiger partial charge in [-0.2, -0.15) is 10.4 Å². The van der Waals surface area contributed by atoms with Crippen molar-refractivity contribution in [1.29, 1.82) is 5.26 Å². The summed E-state index contributed by atoms with van der Waals surface area (Å²) in [4.78, 5) is 24.2. The number of nitrogens with one attached hydrogen (secondary N) is 1. The van der Waals surface area contributed by atoms with Crippen LogP contribution in [-0.4, -0.2) is 47.1 Å². The SMILES string of the molecule is CN1CCC(CC#N)(n2cc(C(N)=O)c(NC=O)n2)CC1. The average Bonchev–Trinajstić information content (AvgIpc) is 2.87. The Morgan fingerprint density at radius 2 is 2.29 bits per heavy atom. The number of rotatable bonds is 5. The lowest BCUT2D eigenvalue weighted by Gasteiger charge is -2.39. The monoisotopic (exact) mass is 290 g/mol. The Hall–Kier alpha value is -2.40. The molecule has 2 heterocycles. The highest BCUT2D eigenvalue weighted by Crippen LogP contribution is 2.33. The highest BCUT2D eigenvalue weighted by atomic mass is 16.1. The summed E-state index contributed by atoms with van der Waals surface area (Å²) >= 11 is 0. The van der Waals surface area contributed by atoms with Gasteiger partial charge in [0, 0.05) is 19.3 Å². The summed E-state index contributed by atoms with van der Waals surface area (Å²) in [6.45, 7) is 1.67. The molecule has 1 fully saturated rings. The molecule has 1 aromatic heterocycles. The number of hydrogen-bond donors (Lipinski definition) is 2. The largest absolute Gasteiger partial charge is 0.365 e. The molecule has 0 aliphatic carbocycles. The Balaban J connectivity index is 2.41. The van der Waals surface area contributed by atoms with Crippen molar-refractivity contribution in [3.8, 4) is 6.07 Å². The summed E-state index contributed by atoms with van der Waals surface area (Å²) in [5.41, 5.74) is 4.99. The van der Waals surface area contributed by atoms with Gasteiger partial charge < -0.3 is 16.0 Å². The Morgan fingerprint density at radius 1 is 1.62 bits per heavy atom. The van der Waals surface area contributed by atoms with Gasteiger partial charge in [-0.05, 0) is 19.9 Å². The summed E-state index contributed by atoms with van der Waals surface area (Å²) in [6, 6.07) is 2.20. The highest BCUT2D eigenvalue weighted by Gasteiger charge is 2.37. The van der Waals surface area contributed by atoms with Crippen LogP contribution in [0.2, 0.25) is 0 Å². The molecule has 0 spiro atoms. The molecular weight excluding hydrogens is 272 g/mol. The number of primary amides is 1. The molecular formula is C13H18N6O2. The van der Waals surface area contributed by atoms with Gasteiger partial charge >= 0.3 is 0 Å². The fourth-order valence-corrected chi connectivity index (χ4v) is 2.63. The van der Waals surface area contributed by atoms with E-state index < -0.39 is 11.4 Å². The van der Waals surface area contributed by atoms with Crippen molar-refractivity contribution < 1.29 is 9.59 Å². The molecule has 3 N–H and O–H groups in total. The third kappa shape index (κ3) is 2.87. The summed E-state index contributed by atoms with van der Waals surface area (Å²) in [5, 5.41) is 15.8. The Morgan fingerprint density at radius 3 is 2.81 bits per heavy atom. The predicted molar refractivity (Wildman–Crippen MR) is 75.4 cm³/mol. The lowest BCUT2D eigenvalue weighted by Crippen LogP contribution is -2.45. The summed E-state index contributed by atoms with van der Waals surface area (Å²) in [7, 11) is 2.02. The predicted octanol–water partition coefficient (Wildman–Crippen LogP) is -0.115. The van der Waals surface area contributed by atoms with E-state index in [1.807, 2.05) is 7.05 Å². The molecule has 21 heavy (non-hydrogen) atoms. The maximum absolute atomic E-state index is 11.4. The first kappa shape index (κ1) is 15.0. The molecule has 0 aromatic carbocycles. The van der Waals surface area contributed by atoms with E-state index in [9.17, 15) is 9.59 Å². The van der Waals surface area contributed by atoms with Gasteiger partial charge in [0.05, 0.1) is 18.0 Å². The minimum Gasteiger partial charge on any atom is -0.365 e. The first-order chi connectivity index (χ1) is 10.0. The number of likely N-dealkylation sites (tertiary alicyclic amines) is 1. The van der Waals surface area contributed by atoms with E-state index in [-0.39, 0.29) is 11.4 Å². The van der Waals surface area contributed by atoms with Gasteiger partial charge in [0.25, 0.3) is 5.91 Å². The van der Waals surface area contributed by atoms with Gasteiger partial charge in [-0.25, -0.2) is 0 Å². The number of aromatic nitrogens is 2. The van der Waals surface area contributed by atoms with Gasteiger partial charge in [-0.1, -0.05) is 0 Å².